The number of carbonyl (C=O) groups is 1. The van der Waals surface area contributed by atoms with Gasteiger partial charge in [0, 0.05) is 22.7 Å². The number of amides is 1. The van der Waals surface area contributed by atoms with Gasteiger partial charge >= 0.3 is 0 Å². The molecular formula is C19H22Cl2N4OS. The average Bonchev–Trinajstić information content (AvgIpc) is 3.37. The smallest absolute Gasteiger partial charge is 0.230 e. The third kappa shape index (κ3) is 4.61. The van der Waals surface area contributed by atoms with Crippen molar-refractivity contribution in [1.82, 2.24) is 20.1 Å². The van der Waals surface area contributed by atoms with Crippen molar-refractivity contribution in [2.24, 2.45) is 0 Å². The van der Waals surface area contributed by atoms with Crippen molar-refractivity contribution < 1.29 is 4.79 Å². The van der Waals surface area contributed by atoms with Gasteiger partial charge in [-0.15, -0.1) is 10.2 Å². The summed E-state index contributed by atoms with van der Waals surface area (Å²) in [7, 11) is 0. The summed E-state index contributed by atoms with van der Waals surface area (Å²) < 4.78 is 2.18. The molecule has 1 aromatic carbocycles. The fourth-order valence-corrected chi connectivity index (χ4v) is 4.84. The largest absolute Gasteiger partial charge is 0.353 e. The lowest BCUT2D eigenvalue weighted by molar-refractivity contribution is -0.118. The number of benzene rings is 1. The molecule has 2 aliphatic rings. The van der Waals surface area contributed by atoms with E-state index in [0.29, 0.717) is 27.9 Å². The Kier molecular flexibility index (Phi) is 5.95. The lowest BCUT2D eigenvalue weighted by atomic mass is 9.95. The van der Waals surface area contributed by atoms with E-state index in [1.807, 2.05) is 12.1 Å². The van der Waals surface area contributed by atoms with Gasteiger partial charge in [0.2, 0.25) is 5.91 Å². The van der Waals surface area contributed by atoms with Crippen LogP contribution >= 0.6 is 35.0 Å². The van der Waals surface area contributed by atoms with Crippen molar-refractivity contribution >= 4 is 40.9 Å². The van der Waals surface area contributed by atoms with Crippen LogP contribution in [0.3, 0.4) is 0 Å². The molecular weight excluding hydrogens is 403 g/mol. The van der Waals surface area contributed by atoms with Gasteiger partial charge in [0.05, 0.1) is 10.8 Å². The fourth-order valence-electron chi connectivity index (χ4n) is 3.53. The summed E-state index contributed by atoms with van der Waals surface area (Å²) >= 11 is 13.9. The highest BCUT2D eigenvalue weighted by Gasteiger charge is 2.26. The average molecular weight is 425 g/mol. The summed E-state index contributed by atoms with van der Waals surface area (Å²) in [6.07, 6.45) is 8.03. The number of thioether (sulfide) groups is 1. The quantitative estimate of drug-likeness (QED) is 0.652. The van der Waals surface area contributed by atoms with Gasteiger partial charge in [-0.3, -0.25) is 9.36 Å². The minimum atomic E-state index is 0.0618. The molecule has 27 heavy (non-hydrogen) atoms. The van der Waals surface area contributed by atoms with Gasteiger partial charge in [0.25, 0.3) is 0 Å². The Hall–Kier alpha value is -1.24. The monoisotopic (exact) mass is 424 g/mol. The highest BCUT2D eigenvalue weighted by Crippen LogP contribution is 2.38. The molecule has 5 nitrogen and oxygen atoms in total. The molecule has 1 N–H and O–H groups in total. The first-order valence-electron chi connectivity index (χ1n) is 9.44. The van der Waals surface area contributed by atoms with E-state index in [2.05, 4.69) is 20.1 Å². The van der Waals surface area contributed by atoms with Crippen molar-refractivity contribution in [2.45, 2.75) is 62.2 Å². The maximum Gasteiger partial charge on any atom is 0.230 e. The summed E-state index contributed by atoms with van der Waals surface area (Å²) in [5.74, 6) is 1.18. The Bertz CT molecular complexity index is 831. The molecule has 2 fully saturated rings. The second-order valence-corrected chi connectivity index (χ2v) is 9.01. The molecule has 4 rings (SSSR count). The van der Waals surface area contributed by atoms with Crippen LogP contribution in [0.1, 0.15) is 51.0 Å². The van der Waals surface area contributed by atoms with Gasteiger partial charge in [0.15, 0.2) is 11.0 Å². The summed E-state index contributed by atoms with van der Waals surface area (Å²) in [4.78, 5) is 12.1. The molecule has 1 heterocycles. The van der Waals surface area contributed by atoms with Crippen LogP contribution in [0.15, 0.2) is 23.4 Å². The summed E-state index contributed by atoms with van der Waals surface area (Å²) in [6, 6.07) is 6.15. The molecule has 1 aromatic heterocycles. The zero-order valence-corrected chi connectivity index (χ0v) is 17.3. The lowest BCUT2D eigenvalue weighted by Gasteiger charge is -2.25. The van der Waals surface area contributed by atoms with Crippen LogP contribution in [0.25, 0.3) is 11.4 Å². The Morgan fingerprint density at radius 2 is 1.93 bits per heavy atom. The van der Waals surface area contributed by atoms with Crippen molar-refractivity contribution in [2.75, 3.05) is 5.75 Å². The summed E-state index contributed by atoms with van der Waals surface area (Å²) in [5.41, 5.74) is 0.827. The molecule has 0 aliphatic heterocycles. The van der Waals surface area contributed by atoms with Crippen molar-refractivity contribution in [1.29, 1.82) is 0 Å². The number of carbonyl (C=O) groups excluding carboxylic acids is 1. The number of rotatable bonds is 6. The minimum Gasteiger partial charge on any atom is -0.353 e. The van der Waals surface area contributed by atoms with E-state index in [4.69, 9.17) is 23.2 Å². The van der Waals surface area contributed by atoms with E-state index in [1.54, 1.807) is 6.07 Å². The third-order valence-corrected chi connectivity index (χ3v) is 6.54. The first kappa shape index (κ1) is 19.1. The molecule has 1 amide bonds. The molecule has 0 radical (unpaired) electrons. The van der Waals surface area contributed by atoms with E-state index in [-0.39, 0.29) is 5.91 Å². The van der Waals surface area contributed by atoms with Crippen LogP contribution in [-0.4, -0.2) is 32.5 Å². The molecule has 2 aliphatic carbocycles. The second-order valence-electron chi connectivity index (χ2n) is 7.22. The van der Waals surface area contributed by atoms with Gasteiger partial charge in [-0.2, -0.15) is 0 Å². The molecule has 0 atom stereocenters. The standard InChI is InChI=1S/C19H22Cl2N4OS/c20-12-6-9-15(16(21)10-12)18-23-24-19(25(18)14-4-2-1-3-5-14)27-11-17(26)22-13-7-8-13/h6,9-10,13-14H,1-5,7-8,11H2,(H,22,26). The van der Waals surface area contributed by atoms with E-state index < -0.39 is 0 Å². The highest BCUT2D eigenvalue weighted by molar-refractivity contribution is 7.99. The zero-order chi connectivity index (χ0) is 18.8. The van der Waals surface area contributed by atoms with Crippen LogP contribution in [0.5, 0.6) is 0 Å². The Morgan fingerprint density at radius 3 is 2.63 bits per heavy atom. The number of nitrogens with one attached hydrogen (secondary N) is 1. The molecule has 0 unspecified atom stereocenters. The molecule has 2 aromatic rings. The predicted molar refractivity (Wildman–Crippen MR) is 109 cm³/mol. The molecule has 144 valence electrons. The highest BCUT2D eigenvalue weighted by atomic mass is 35.5. The number of hydrogen-bond acceptors (Lipinski definition) is 4. The van der Waals surface area contributed by atoms with E-state index in [0.717, 1.165) is 42.2 Å². The van der Waals surface area contributed by atoms with Gasteiger partial charge in [-0.25, -0.2) is 0 Å². The van der Waals surface area contributed by atoms with Crippen LogP contribution in [0.2, 0.25) is 10.0 Å². The van der Waals surface area contributed by atoms with Crippen LogP contribution in [0, 0.1) is 0 Å². The van der Waals surface area contributed by atoms with Crippen LogP contribution in [-0.2, 0) is 4.79 Å². The lowest BCUT2D eigenvalue weighted by Crippen LogP contribution is -2.27. The summed E-state index contributed by atoms with van der Waals surface area (Å²) in [5, 5.41) is 13.8. The van der Waals surface area contributed by atoms with Crippen molar-refractivity contribution in [3.05, 3.63) is 28.2 Å². The number of aromatic nitrogens is 3. The molecule has 0 bridgehead atoms. The van der Waals surface area contributed by atoms with E-state index in [9.17, 15) is 4.79 Å². The number of hydrogen-bond donors (Lipinski definition) is 1. The molecule has 2 saturated carbocycles. The fraction of sp³-hybridized carbons (Fsp3) is 0.526. The minimum absolute atomic E-state index is 0.0618. The van der Waals surface area contributed by atoms with Crippen molar-refractivity contribution in [3.63, 3.8) is 0 Å². The maximum atomic E-state index is 12.1. The van der Waals surface area contributed by atoms with Crippen LogP contribution < -0.4 is 5.32 Å². The van der Waals surface area contributed by atoms with E-state index >= 15 is 0 Å². The van der Waals surface area contributed by atoms with Gasteiger partial charge in [-0.05, 0) is 43.9 Å². The normalized spacial score (nSPS) is 17.9. The first-order chi connectivity index (χ1) is 13.1. The Balaban J connectivity index is 1.61. The zero-order valence-electron chi connectivity index (χ0n) is 15.0. The Labute approximate surface area is 173 Å². The SMILES string of the molecule is O=C(CSc1nnc(-c2ccc(Cl)cc2Cl)n1C1CCCCC1)NC1CC1. The Morgan fingerprint density at radius 1 is 1.15 bits per heavy atom. The van der Waals surface area contributed by atoms with Crippen molar-refractivity contribution in [3.8, 4) is 11.4 Å². The molecule has 8 heteroatoms. The van der Waals surface area contributed by atoms with Gasteiger partial charge in [0.1, 0.15) is 0 Å². The second kappa shape index (κ2) is 8.41. The molecule has 0 saturated heterocycles. The third-order valence-electron chi connectivity index (χ3n) is 5.05. The van der Waals surface area contributed by atoms with Gasteiger partial charge < -0.3 is 5.32 Å². The van der Waals surface area contributed by atoms with E-state index in [1.165, 1.54) is 31.0 Å². The first-order valence-corrected chi connectivity index (χ1v) is 11.2. The summed E-state index contributed by atoms with van der Waals surface area (Å²) in [6.45, 7) is 0. The number of halogens is 2. The molecule has 0 spiro atoms. The topological polar surface area (TPSA) is 59.8 Å². The predicted octanol–water partition coefficient (Wildman–Crippen LogP) is 5.13. The van der Waals surface area contributed by atoms with Crippen LogP contribution in [0.4, 0.5) is 0 Å². The number of nitrogens with zero attached hydrogens (tertiary/aromatic N) is 3. The maximum absolute atomic E-state index is 12.1. The van der Waals surface area contributed by atoms with Gasteiger partial charge in [-0.1, -0.05) is 54.2 Å².